The lowest BCUT2D eigenvalue weighted by atomic mass is 10.3. The van der Waals surface area contributed by atoms with Gasteiger partial charge in [-0.1, -0.05) is 13.8 Å². The molecule has 0 saturated carbocycles. The van der Waals surface area contributed by atoms with E-state index in [1.165, 1.54) is 4.88 Å². The molecule has 1 aromatic rings. The average molecular weight is 298 g/mol. The van der Waals surface area contributed by atoms with Crippen LogP contribution in [0.5, 0.6) is 0 Å². The van der Waals surface area contributed by atoms with Gasteiger partial charge in [0.1, 0.15) is 0 Å². The van der Waals surface area contributed by atoms with Gasteiger partial charge in [0.2, 0.25) is 0 Å². The molecule has 0 atom stereocenters. The molecule has 0 radical (unpaired) electrons. The molecule has 1 saturated heterocycles. The Balaban J connectivity index is 2.04. The van der Waals surface area contributed by atoms with Crippen LogP contribution in [0.2, 0.25) is 0 Å². The van der Waals surface area contributed by atoms with E-state index in [1.54, 1.807) is 7.11 Å². The summed E-state index contributed by atoms with van der Waals surface area (Å²) in [6.45, 7) is 12.4. The molecule has 0 aromatic carbocycles. The van der Waals surface area contributed by atoms with E-state index in [9.17, 15) is 0 Å². The van der Waals surface area contributed by atoms with Crippen LogP contribution in [0.1, 0.15) is 24.4 Å². The first-order valence-corrected chi connectivity index (χ1v) is 8.25. The van der Waals surface area contributed by atoms with Gasteiger partial charge in [-0.15, -0.1) is 11.3 Å². The summed E-state index contributed by atoms with van der Waals surface area (Å²) in [5.74, 6) is 0. The predicted octanol–water partition coefficient (Wildman–Crippen LogP) is 1.54. The van der Waals surface area contributed by atoms with Crippen molar-refractivity contribution >= 4 is 16.5 Å². The monoisotopic (exact) mass is 298 g/mol. The van der Waals surface area contributed by atoms with Crippen molar-refractivity contribution in [2.45, 2.75) is 27.0 Å². The normalized spacial score (nSPS) is 16.9. The van der Waals surface area contributed by atoms with E-state index in [1.807, 2.05) is 11.3 Å². The SMILES string of the molecule is CCNCc1sc(N2CCN(CC)CC2)nc1COC. The number of nitrogens with zero attached hydrogens (tertiary/aromatic N) is 3. The molecule has 1 N–H and O–H groups in total. The van der Waals surface area contributed by atoms with Crippen LogP contribution in [0.25, 0.3) is 0 Å². The second-order valence-corrected chi connectivity index (χ2v) is 6.06. The summed E-state index contributed by atoms with van der Waals surface area (Å²) in [6, 6.07) is 0. The maximum absolute atomic E-state index is 5.27. The summed E-state index contributed by atoms with van der Waals surface area (Å²) in [5, 5.41) is 4.54. The Bertz CT molecular complexity index is 402. The number of likely N-dealkylation sites (N-methyl/N-ethyl adjacent to an activating group) is 1. The van der Waals surface area contributed by atoms with E-state index in [0.717, 1.165) is 56.6 Å². The third-order valence-corrected chi connectivity index (χ3v) is 4.83. The number of rotatable bonds is 7. The number of ether oxygens (including phenoxy) is 1. The molecule has 0 amide bonds. The van der Waals surface area contributed by atoms with Crippen molar-refractivity contribution in [3.63, 3.8) is 0 Å². The highest BCUT2D eigenvalue weighted by Gasteiger charge is 2.20. The zero-order valence-corrected chi connectivity index (χ0v) is 13.6. The first-order chi connectivity index (χ1) is 9.78. The smallest absolute Gasteiger partial charge is 0.186 e. The summed E-state index contributed by atoms with van der Waals surface area (Å²) in [5.41, 5.74) is 1.09. The van der Waals surface area contributed by atoms with Crippen LogP contribution in [-0.4, -0.2) is 56.3 Å². The molecule has 1 aliphatic rings. The number of aromatic nitrogens is 1. The third-order valence-electron chi connectivity index (χ3n) is 3.67. The molecule has 0 unspecified atom stereocenters. The highest BCUT2D eigenvalue weighted by molar-refractivity contribution is 7.15. The van der Waals surface area contributed by atoms with E-state index < -0.39 is 0 Å². The van der Waals surface area contributed by atoms with E-state index in [4.69, 9.17) is 9.72 Å². The Labute approximate surface area is 125 Å². The number of methoxy groups -OCH3 is 1. The van der Waals surface area contributed by atoms with Crippen LogP contribution in [-0.2, 0) is 17.9 Å². The van der Waals surface area contributed by atoms with E-state index >= 15 is 0 Å². The van der Waals surface area contributed by atoms with Gasteiger partial charge in [-0.2, -0.15) is 0 Å². The van der Waals surface area contributed by atoms with Crippen LogP contribution in [0, 0.1) is 0 Å². The van der Waals surface area contributed by atoms with Gasteiger partial charge in [-0.3, -0.25) is 0 Å². The Hall–Kier alpha value is -0.690. The lowest BCUT2D eigenvalue weighted by molar-refractivity contribution is 0.181. The minimum absolute atomic E-state index is 0.603. The average Bonchev–Trinajstić information content (AvgIpc) is 2.89. The Morgan fingerprint density at radius 1 is 1.25 bits per heavy atom. The minimum atomic E-state index is 0.603. The first kappa shape index (κ1) is 15.7. The number of nitrogens with one attached hydrogen (secondary N) is 1. The zero-order valence-electron chi connectivity index (χ0n) is 12.8. The van der Waals surface area contributed by atoms with Gasteiger partial charge in [0.25, 0.3) is 0 Å². The van der Waals surface area contributed by atoms with Gasteiger partial charge in [0.15, 0.2) is 5.13 Å². The van der Waals surface area contributed by atoms with Gasteiger partial charge >= 0.3 is 0 Å². The fourth-order valence-electron chi connectivity index (χ4n) is 2.39. The summed E-state index contributed by atoms with van der Waals surface area (Å²) >= 11 is 1.81. The van der Waals surface area contributed by atoms with Crippen LogP contribution in [0.4, 0.5) is 5.13 Å². The second kappa shape index (κ2) is 7.93. The van der Waals surface area contributed by atoms with Crippen molar-refractivity contribution in [2.75, 3.05) is 51.3 Å². The van der Waals surface area contributed by atoms with E-state index in [0.29, 0.717) is 6.61 Å². The molecule has 6 heteroatoms. The van der Waals surface area contributed by atoms with E-state index in [2.05, 4.69) is 29.0 Å². The molecule has 1 fully saturated rings. The molecule has 0 spiro atoms. The minimum Gasteiger partial charge on any atom is -0.378 e. The van der Waals surface area contributed by atoms with Crippen molar-refractivity contribution in [3.8, 4) is 0 Å². The summed E-state index contributed by atoms with van der Waals surface area (Å²) in [4.78, 5) is 11.0. The molecular weight excluding hydrogens is 272 g/mol. The van der Waals surface area contributed by atoms with Gasteiger partial charge in [-0.05, 0) is 13.1 Å². The second-order valence-electron chi connectivity index (χ2n) is 5.00. The van der Waals surface area contributed by atoms with Gasteiger partial charge in [-0.25, -0.2) is 4.98 Å². The maximum Gasteiger partial charge on any atom is 0.186 e. The number of anilines is 1. The number of hydrogen-bond donors (Lipinski definition) is 1. The van der Waals surface area contributed by atoms with Gasteiger partial charge in [0, 0.05) is 44.7 Å². The molecule has 2 rings (SSSR count). The molecule has 0 bridgehead atoms. The number of thiazole rings is 1. The van der Waals surface area contributed by atoms with Crippen LogP contribution in [0.3, 0.4) is 0 Å². The highest BCUT2D eigenvalue weighted by Crippen LogP contribution is 2.27. The van der Waals surface area contributed by atoms with Crippen LogP contribution < -0.4 is 10.2 Å². The Morgan fingerprint density at radius 3 is 2.60 bits per heavy atom. The van der Waals surface area contributed by atoms with Gasteiger partial charge in [0.05, 0.1) is 12.3 Å². The summed E-state index contributed by atoms with van der Waals surface area (Å²) in [7, 11) is 1.73. The lowest BCUT2D eigenvalue weighted by Gasteiger charge is -2.33. The molecule has 20 heavy (non-hydrogen) atoms. The summed E-state index contributed by atoms with van der Waals surface area (Å²) in [6.07, 6.45) is 0. The fraction of sp³-hybridized carbons (Fsp3) is 0.786. The van der Waals surface area contributed by atoms with Crippen molar-refractivity contribution in [1.29, 1.82) is 0 Å². The molecule has 114 valence electrons. The molecule has 1 aromatic heterocycles. The lowest BCUT2D eigenvalue weighted by Crippen LogP contribution is -2.46. The third kappa shape index (κ3) is 3.91. The van der Waals surface area contributed by atoms with Crippen molar-refractivity contribution in [3.05, 3.63) is 10.6 Å². The Kier molecular flexibility index (Phi) is 6.22. The number of piperazine rings is 1. The molecule has 1 aliphatic heterocycles. The highest BCUT2D eigenvalue weighted by atomic mass is 32.1. The van der Waals surface area contributed by atoms with Crippen LogP contribution >= 0.6 is 11.3 Å². The molecule has 5 nitrogen and oxygen atoms in total. The zero-order chi connectivity index (χ0) is 14.4. The van der Waals surface area contributed by atoms with Crippen molar-refractivity contribution < 1.29 is 4.74 Å². The fourth-order valence-corrected chi connectivity index (χ4v) is 3.47. The topological polar surface area (TPSA) is 40.6 Å². The van der Waals surface area contributed by atoms with Gasteiger partial charge < -0.3 is 19.9 Å². The molecular formula is C14H26N4OS. The Morgan fingerprint density at radius 2 is 2.00 bits per heavy atom. The van der Waals surface area contributed by atoms with Crippen molar-refractivity contribution in [2.24, 2.45) is 0 Å². The maximum atomic E-state index is 5.27. The molecule has 2 heterocycles. The predicted molar refractivity (Wildman–Crippen MR) is 84.5 cm³/mol. The van der Waals surface area contributed by atoms with Crippen LogP contribution in [0.15, 0.2) is 0 Å². The van der Waals surface area contributed by atoms with Crippen molar-refractivity contribution in [1.82, 2.24) is 15.2 Å². The summed E-state index contributed by atoms with van der Waals surface area (Å²) < 4.78 is 5.27. The quantitative estimate of drug-likeness (QED) is 0.827. The number of hydrogen-bond acceptors (Lipinski definition) is 6. The first-order valence-electron chi connectivity index (χ1n) is 7.44. The van der Waals surface area contributed by atoms with E-state index in [-0.39, 0.29) is 0 Å². The largest absolute Gasteiger partial charge is 0.378 e. The molecule has 0 aliphatic carbocycles. The standard InChI is InChI=1S/C14H26N4OS/c1-4-15-10-13-12(11-19-3)16-14(20-13)18-8-6-17(5-2)7-9-18/h15H,4-11H2,1-3H3.